The lowest BCUT2D eigenvalue weighted by Crippen LogP contribution is -2.49. The van der Waals surface area contributed by atoms with Crippen molar-refractivity contribution in [3.05, 3.63) is 71.8 Å². The van der Waals surface area contributed by atoms with Crippen LogP contribution in [0.2, 0.25) is 0 Å². The first-order chi connectivity index (χ1) is 11.7. The fraction of sp³-hybridized carbons (Fsp3) is 0.429. The zero-order chi connectivity index (χ0) is 16.9. The minimum Gasteiger partial charge on any atom is -0.394 e. The Bertz CT molecular complexity index is 614. The van der Waals surface area contributed by atoms with Crippen LogP contribution in [-0.4, -0.2) is 34.3 Å². The Balaban J connectivity index is 1.92. The summed E-state index contributed by atoms with van der Waals surface area (Å²) in [6.45, 7) is 5.60. The molecule has 0 aromatic heterocycles. The Morgan fingerprint density at radius 2 is 1.67 bits per heavy atom. The molecule has 0 aliphatic carbocycles. The zero-order valence-electron chi connectivity index (χ0n) is 14.7. The van der Waals surface area contributed by atoms with Gasteiger partial charge in [0.15, 0.2) is 0 Å². The van der Waals surface area contributed by atoms with E-state index in [2.05, 4.69) is 78.5 Å². The summed E-state index contributed by atoms with van der Waals surface area (Å²) in [5, 5.41) is 15.0. The van der Waals surface area contributed by atoms with Gasteiger partial charge >= 0.3 is 0 Å². The molecule has 3 rings (SSSR count). The molecule has 128 valence electrons. The minimum atomic E-state index is -0.00416. The Morgan fingerprint density at radius 3 is 2.25 bits per heavy atom. The molecule has 0 unspecified atom stereocenters. The largest absolute Gasteiger partial charge is 0.394 e. The molecular weight excluding hydrogens is 296 g/mol. The van der Waals surface area contributed by atoms with Crippen molar-refractivity contribution in [1.29, 1.82) is 0 Å². The molecular formula is C21H28N2O. The highest BCUT2D eigenvalue weighted by Crippen LogP contribution is 2.37. The van der Waals surface area contributed by atoms with Crippen molar-refractivity contribution in [2.24, 2.45) is 0 Å². The van der Waals surface area contributed by atoms with Crippen molar-refractivity contribution >= 4 is 0 Å². The van der Waals surface area contributed by atoms with Crippen molar-refractivity contribution in [3.8, 4) is 0 Å². The number of aliphatic hydroxyl groups excluding tert-OH is 1. The second-order valence-corrected chi connectivity index (χ2v) is 6.81. The standard InChI is InChI=1S/C21H28N2O/c1-17(2)23(21(16-24)19-12-7-4-8-13-19)22-15-9-14-20(22)18-10-5-3-6-11-18/h3-8,10-13,17,20-21,24H,9,14-16H2,1-2H3/t20-,21+/m1/s1. The van der Waals surface area contributed by atoms with Gasteiger partial charge in [-0.25, -0.2) is 10.0 Å². The average molecular weight is 324 g/mol. The third-order valence-corrected chi connectivity index (χ3v) is 4.91. The number of aliphatic hydroxyl groups is 1. The van der Waals surface area contributed by atoms with Crippen molar-refractivity contribution < 1.29 is 5.11 Å². The number of hydrazine groups is 1. The quantitative estimate of drug-likeness (QED) is 0.863. The lowest BCUT2D eigenvalue weighted by molar-refractivity contribution is -0.110. The first-order valence-corrected chi connectivity index (χ1v) is 8.98. The van der Waals surface area contributed by atoms with Crippen LogP contribution in [0.1, 0.15) is 49.9 Å². The van der Waals surface area contributed by atoms with Gasteiger partial charge in [0, 0.05) is 18.6 Å². The summed E-state index contributed by atoms with van der Waals surface area (Å²) in [6.07, 6.45) is 2.36. The van der Waals surface area contributed by atoms with Gasteiger partial charge in [0.25, 0.3) is 0 Å². The van der Waals surface area contributed by atoms with E-state index in [4.69, 9.17) is 0 Å². The topological polar surface area (TPSA) is 26.7 Å². The summed E-state index contributed by atoms with van der Waals surface area (Å²) in [7, 11) is 0. The fourth-order valence-electron chi connectivity index (χ4n) is 3.89. The summed E-state index contributed by atoms with van der Waals surface area (Å²) in [6, 6.07) is 21.8. The van der Waals surface area contributed by atoms with Crippen LogP contribution in [0.15, 0.2) is 60.7 Å². The van der Waals surface area contributed by atoms with Crippen LogP contribution in [0.3, 0.4) is 0 Å². The first kappa shape index (κ1) is 17.2. The molecule has 1 N–H and O–H groups in total. The number of benzene rings is 2. The Morgan fingerprint density at radius 1 is 1.04 bits per heavy atom. The summed E-state index contributed by atoms with van der Waals surface area (Å²) >= 11 is 0. The fourth-order valence-corrected chi connectivity index (χ4v) is 3.89. The van der Waals surface area contributed by atoms with Crippen molar-refractivity contribution in [1.82, 2.24) is 10.0 Å². The monoisotopic (exact) mass is 324 g/mol. The summed E-state index contributed by atoms with van der Waals surface area (Å²) in [5.41, 5.74) is 2.54. The van der Waals surface area contributed by atoms with E-state index in [9.17, 15) is 5.11 Å². The van der Waals surface area contributed by atoms with Crippen LogP contribution in [-0.2, 0) is 0 Å². The number of hydrogen-bond acceptors (Lipinski definition) is 3. The van der Waals surface area contributed by atoms with Crippen LogP contribution in [0.25, 0.3) is 0 Å². The molecule has 0 saturated carbocycles. The second-order valence-electron chi connectivity index (χ2n) is 6.81. The third-order valence-electron chi connectivity index (χ3n) is 4.91. The van der Waals surface area contributed by atoms with Gasteiger partial charge in [0.2, 0.25) is 0 Å². The highest BCUT2D eigenvalue weighted by atomic mass is 16.3. The van der Waals surface area contributed by atoms with Crippen molar-refractivity contribution in [2.75, 3.05) is 13.2 Å². The maximum Gasteiger partial charge on any atom is 0.0729 e. The van der Waals surface area contributed by atoms with Gasteiger partial charge in [-0.3, -0.25) is 0 Å². The van der Waals surface area contributed by atoms with Gasteiger partial charge in [0.1, 0.15) is 0 Å². The molecule has 0 spiro atoms. The van der Waals surface area contributed by atoms with Gasteiger partial charge in [-0.1, -0.05) is 60.7 Å². The smallest absolute Gasteiger partial charge is 0.0729 e. The molecule has 2 aromatic carbocycles. The molecule has 3 heteroatoms. The maximum atomic E-state index is 10.1. The molecule has 3 nitrogen and oxygen atoms in total. The molecule has 1 saturated heterocycles. The SMILES string of the molecule is CC(C)N([C@@H](CO)c1ccccc1)N1CCC[C@@H]1c1ccccc1. The van der Waals surface area contributed by atoms with Gasteiger partial charge in [-0.2, -0.15) is 0 Å². The maximum absolute atomic E-state index is 10.1. The summed E-state index contributed by atoms with van der Waals surface area (Å²) in [4.78, 5) is 0. The molecule has 1 aliphatic rings. The highest BCUT2D eigenvalue weighted by Gasteiger charge is 2.35. The van der Waals surface area contributed by atoms with E-state index in [0.29, 0.717) is 12.1 Å². The highest BCUT2D eigenvalue weighted by molar-refractivity contribution is 5.22. The number of rotatable bonds is 6. The van der Waals surface area contributed by atoms with E-state index in [1.165, 1.54) is 24.0 Å². The molecule has 1 heterocycles. The lowest BCUT2D eigenvalue weighted by atomic mass is 10.0. The molecule has 2 atom stereocenters. The van der Waals surface area contributed by atoms with Crippen LogP contribution in [0.5, 0.6) is 0 Å². The summed E-state index contributed by atoms with van der Waals surface area (Å²) < 4.78 is 0. The molecule has 1 aliphatic heterocycles. The van der Waals surface area contributed by atoms with Crippen LogP contribution in [0.4, 0.5) is 0 Å². The Hall–Kier alpha value is -1.68. The summed E-state index contributed by atoms with van der Waals surface area (Å²) in [5.74, 6) is 0. The van der Waals surface area contributed by atoms with Crippen molar-refractivity contribution in [3.63, 3.8) is 0 Å². The van der Waals surface area contributed by atoms with E-state index in [0.717, 1.165) is 6.54 Å². The number of nitrogens with zero attached hydrogens (tertiary/aromatic N) is 2. The van der Waals surface area contributed by atoms with E-state index in [-0.39, 0.29) is 12.6 Å². The van der Waals surface area contributed by atoms with Crippen molar-refractivity contribution in [2.45, 2.75) is 44.8 Å². The Labute approximate surface area is 145 Å². The lowest BCUT2D eigenvalue weighted by Gasteiger charge is -2.44. The predicted octanol–water partition coefficient (Wildman–Crippen LogP) is 4.18. The molecule has 2 aromatic rings. The minimum absolute atomic E-state index is 0.00416. The predicted molar refractivity (Wildman–Crippen MR) is 98.4 cm³/mol. The van der Waals surface area contributed by atoms with E-state index in [1.54, 1.807) is 0 Å². The van der Waals surface area contributed by atoms with Crippen LogP contribution >= 0.6 is 0 Å². The average Bonchev–Trinajstić information content (AvgIpc) is 3.09. The molecule has 0 bridgehead atoms. The van der Waals surface area contributed by atoms with E-state index < -0.39 is 0 Å². The van der Waals surface area contributed by atoms with Gasteiger partial charge in [-0.05, 0) is 37.8 Å². The molecule has 0 radical (unpaired) electrons. The number of hydrogen-bond donors (Lipinski definition) is 1. The molecule has 24 heavy (non-hydrogen) atoms. The van der Waals surface area contributed by atoms with E-state index in [1.807, 2.05) is 6.07 Å². The normalized spacial score (nSPS) is 20.0. The van der Waals surface area contributed by atoms with Gasteiger partial charge in [-0.15, -0.1) is 0 Å². The van der Waals surface area contributed by atoms with Gasteiger partial charge < -0.3 is 5.11 Å². The zero-order valence-corrected chi connectivity index (χ0v) is 14.7. The molecule has 0 amide bonds. The second kappa shape index (κ2) is 7.93. The van der Waals surface area contributed by atoms with Crippen LogP contribution < -0.4 is 0 Å². The first-order valence-electron chi connectivity index (χ1n) is 8.98. The molecule has 1 fully saturated rings. The van der Waals surface area contributed by atoms with Crippen LogP contribution in [0, 0.1) is 0 Å². The third kappa shape index (κ3) is 3.54. The Kier molecular flexibility index (Phi) is 5.67. The van der Waals surface area contributed by atoms with E-state index >= 15 is 0 Å². The van der Waals surface area contributed by atoms with Gasteiger partial charge in [0.05, 0.1) is 12.6 Å².